The Bertz CT molecular complexity index is 37.3. The number of hydrogen-bond donors (Lipinski definition) is 1. The molecule has 0 atom stereocenters. The molecule has 0 heterocycles. The molecule has 35 valence electrons. The van der Waals surface area contributed by atoms with Crippen LogP contribution in [0.4, 0.5) is 0 Å². The Morgan fingerprint density at radius 1 is 1.33 bits per heavy atom. The van der Waals surface area contributed by atoms with Gasteiger partial charge < -0.3 is 4.98 Å². The van der Waals surface area contributed by atoms with E-state index < -0.39 is 0 Å². The molecule has 0 unspecified atom stereocenters. The van der Waals surface area contributed by atoms with Gasteiger partial charge in [0.25, 0.3) is 0 Å². The van der Waals surface area contributed by atoms with Crippen molar-refractivity contribution in [3.8, 4) is 0 Å². The largest absolute Gasteiger partial charge is 0.336 e. The first-order chi connectivity index (χ1) is 2.56. The molecule has 0 spiro atoms. The molecule has 0 rings (SSSR count). The molecule has 0 bridgehead atoms. The van der Waals surface area contributed by atoms with Gasteiger partial charge in [-0.3, -0.25) is 0 Å². The molecule has 0 amide bonds. The maximum absolute atomic E-state index is 3.16. The smallest absolute Gasteiger partial charge is 0.140 e. The van der Waals surface area contributed by atoms with E-state index in [0.717, 1.165) is 0 Å². The van der Waals surface area contributed by atoms with Crippen LogP contribution in [0, 0.1) is 0 Å². The molecule has 6 heavy (non-hydrogen) atoms. The van der Waals surface area contributed by atoms with Gasteiger partial charge in [0.1, 0.15) is 10.4 Å². The fourth-order valence-corrected chi connectivity index (χ4v) is 0. The summed E-state index contributed by atoms with van der Waals surface area (Å²) >= 11 is 0. The van der Waals surface area contributed by atoms with Crippen molar-refractivity contribution in [2.24, 2.45) is 0 Å². The van der Waals surface area contributed by atoms with E-state index in [9.17, 15) is 0 Å². The van der Waals surface area contributed by atoms with Crippen LogP contribution in [0.5, 0.6) is 0 Å². The first kappa shape index (κ1) is 6.18. The topological polar surface area (TPSA) is 12.0 Å². The van der Waals surface area contributed by atoms with Crippen molar-refractivity contribution in [1.82, 2.24) is 4.98 Å². The highest BCUT2D eigenvalue weighted by Crippen LogP contribution is 1.93. The van der Waals surface area contributed by atoms with Crippen LogP contribution in [0.3, 0.4) is 0 Å². The zero-order valence-electron chi connectivity index (χ0n) is 4.50. The average Bonchev–Trinajstić information content (AvgIpc) is 1.35. The van der Waals surface area contributed by atoms with Crippen molar-refractivity contribution in [3.05, 3.63) is 0 Å². The van der Waals surface area contributed by atoms with Crippen LogP contribution in [0.15, 0.2) is 0 Å². The molecule has 0 aliphatic rings. The third-order valence-corrected chi connectivity index (χ3v) is 1.12. The third kappa shape index (κ3) is 4.18. The maximum atomic E-state index is 3.16. The van der Waals surface area contributed by atoms with Crippen LogP contribution in [0.1, 0.15) is 20.8 Å². The fourth-order valence-electron chi connectivity index (χ4n) is 0. The van der Waals surface area contributed by atoms with Crippen LogP contribution in [0.2, 0.25) is 0 Å². The summed E-state index contributed by atoms with van der Waals surface area (Å²) in [7, 11) is 3.16. The van der Waals surface area contributed by atoms with Crippen LogP contribution in [0.25, 0.3) is 0 Å². The van der Waals surface area contributed by atoms with E-state index in [-0.39, 0.29) is 5.54 Å². The molecule has 0 saturated heterocycles. The molecule has 0 aromatic heterocycles. The molecular formula is C4H10NSi. The van der Waals surface area contributed by atoms with Crippen molar-refractivity contribution in [2.45, 2.75) is 26.3 Å². The summed E-state index contributed by atoms with van der Waals surface area (Å²) in [5.74, 6) is 0. The number of rotatable bonds is 0. The molecule has 0 aromatic rings. The van der Waals surface area contributed by atoms with Gasteiger partial charge in [0.15, 0.2) is 0 Å². The van der Waals surface area contributed by atoms with Gasteiger partial charge in [-0.05, 0) is 20.8 Å². The molecule has 0 aromatic carbocycles. The van der Waals surface area contributed by atoms with E-state index in [4.69, 9.17) is 0 Å². The first-order valence-electron chi connectivity index (χ1n) is 2.00. The summed E-state index contributed by atoms with van der Waals surface area (Å²) in [4.78, 5) is 2.91. The lowest BCUT2D eigenvalue weighted by Gasteiger charge is -2.15. The van der Waals surface area contributed by atoms with Gasteiger partial charge >= 0.3 is 0 Å². The lowest BCUT2D eigenvalue weighted by atomic mass is 10.1. The van der Waals surface area contributed by atoms with E-state index in [1.165, 1.54) is 0 Å². The summed E-state index contributed by atoms with van der Waals surface area (Å²) in [6.07, 6.45) is 0. The minimum absolute atomic E-state index is 0.205. The highest BCUT2D eigenvalue weighted by Gasteiger charge is 2.01. The third-order valence-electron chi connectivity index (χ3n) is 0.375. The summed E-state index contributed by atoms with van der Waals surface area (Å²) in [6, 6.07) is 0. The monoisotopic (exact) mass is 100 g/mol. The predicted octanol–water partition coefficient (Wildman–Crippen LogP) is 0.458. The molecule has 0 aliphatic carbocycles. The quantitative estimate of drug-likeness (QED) is 0.436. The van der Waals surface area contributed by atoms with Gasteiger partial charge in [-0.25, -0.2) is 0 Å². The highest BCUT2D eigenvalue weighted by atomic mass is 28.2. The van der Waals surface area contributed by atoms with E-state index in [1.807, 2.05) is 0 Å². The van der Waals surface area contributed by atoms with Gasteiger partial charge in [-0.2, -0.15) is 0 Å². The van der Waals surface area contributed by atoms with Gasteiger partial charge in [-0.1, -0.05) is 0 Å². The van der Waals surface area contributed by atoms with Gasteiger partial charge in [-0.15, -0.1) is 0 Å². The SMILES string of the molecule is CC(C)(C)N[Si]. The Labute approximate surface area is 42.6 Å². The summed E-state index contributed by atoms with van der Waals surface area (Å²) < 4.78 is 0. The molecular weight excluding hydrogens is 90.1 g/mol. The Kier molecular flexibility index (Phi) is 1.81. The average molecular weight is 100 g/mol. The van der Waals surface area contributed by atoms with Crippen molar-refractivity contribution in [3.63, 3.8) is 0 Å². The second-order valence-corrected chi connectivity index (χ2v) is 2.62. The lowest BCUT2D eigenvalue weighted by molar-refractivity contribution is 0.528. The van der Waals surface area contributed by atoms with Crippen molar-refractivity contribution >= 4 is 10.4 Å². The zero-order valence-corrected chi connectivity index (χ0v) is 5.50. The first-order valence-corrected chi connectivity index (χ1v) is 2.50. The van der Waals surface area contributed by atoms with Crippen LogP contribution >= 0.6 is 0 Å². The van der Waals surface area contributed by atoms with Gasteiger partial charge in [0.2, 0.25) is 0 Å². The Morgan fingerprint density at radius 2 is 1.50 bits per heavy atom. The van der Waals surface area contributed by atoms with Gasteiger partial charge in [0, 0.05) is 5.54 Å². The van der Waals surface area contributed by atoms with Crippen LogP contribution in [-0.4, -0.2) is 15.9 Å². The second kappa shape index (κ2) is 1.75. The molecule has 2 heteroatoms. The summed E-state index contributed by atoms with van der Waals surface area (Å²) in [5.41, 5.74) is 0.205. The van der Waals surface area contributed by atoms with Gasteiger partial charge in [0.05, 0.1) is 0 Å². The van der Waals surface area contributed by atoms with E-state index >= 15 is 0 Å². The minimum atomic E-state index is 0.205. The molecule has 3 radical (unpaired) electrons. The van der Waals surface area contributed by atoms with E-state index in [2.05, 4.69) is 36.2 Å². The van der Waals surface area contributed by atoms with Crippen LogP contribution < -0.4 is 4.98 Å². The normalized spacial score (nSPS) is 12.0. The molecule has 0 fully saturated rings. The summed E-state index contributed by atoms with van der Waals surface area (Å²) in [6.45, 7) is 6.25. The minimum Gasteiger partial charge on any atom is -0.336 e. The molecule has 1 N–H and O–H groups in total. The Balaban J connectivity index is 3.17. The lowest BCUT2D eigenvalue weighted by Crippen LogP contribution is -2.33. The van der Waals surface area contributed by atoms with Crippen LogP contribution in [-0.2, 0) is 0 Å². The standard InChI is InChI=1S/C4H10NSi/c1-4(2,3)5-6/h5H,1-3H3. The van der Waals surface area contributed by atoms with E-state index in [0.29, 0.717) is 0 Å². The Hall–Kier alpha value is 0.177. The predicted molar refractivity (Wildman–Crippen MR) is 28.6 cm³/mol. The van der Waals surface area contributed by atoms with E-state index in [1.54, 1.807) is 0 Å². The van der Waals surface area contributed by atoms with Crippen molar-refractivity contribution in [1.29, 1.82) is 0 Å². The summed E-state index contributed by atoms with van der Waals surface area (Å²) in [5, 5.41) is 0. The van der Waals surface area contributed by atoms with Crippen molar-refractivity contribution < 1.29 is 0 Å². The second-order valence-electron chi connectivity index (χ2n) is 2.38. The number of hydrogen-bond acceptors (Lipinski definition) is 1. The zero-order chi connectivity index (χ0) is 5.21. The molecule has 1 nitrogen and oxygen atoms in total. The fraction of sp³-hybridized carbons (Fsp3) is 1.00. The van der Waals surface area contributed by atoms with Crippen molar-refractivity contribution in [2.75, 3.05) is 0 Å². The Morgan fingerprint density at radius 3 is 1.50 bits per heavy atom. The number of nitrogens with one attached hydrogen (secondary N) is 1. The molecule has 0 aliphatic heterocycles. The maximum Gasteiger partial charge on any atom is 0.140 e. The molecule has 0 saturated carbocycles. The highest BCUT2D eigenvalue weighted by molar-refractivity contribution is 6.04.